The number of amides is 1. The van der Waals surface area contributed by atoms with Crippen molar-refractivity contribution in [2.75, 3.05) is 18.5 Å². The molecule has 0 spiro atoms. The molecule has 0 unspecified atom stereocenters. The molecule has 1 amide bonds. The van der Waals surface area contributed by atoms with E-state index in [9.17, 15) is 14.9 Å². The SMILES string of the molecule is CCCCOc1ccc(/C=C(\C#N)C(=O)Nc2scc(-c3ccc(C)cc3)c2C(=O)OCC)cc1. The third-order valence-corrected chi connectivity index (χ3v) is 6.08. The minimum Gasteiger partial charge on any atom is -0.494 e. The molecule has 3 aromatic rings. The van der Waals surface area contributed by atoms with Crippen LogP contribution in [-0.4, -0.2) is 25.1 Å². The minimum absolute atomic E-state index is 0.0789. The first-order valence-corrected chi connectivity index (χ1v) is 12.4. The number of carbonyl (C=O) groups is 2. The predicted molar refractivity (Wildman–Crippen MR) is 140 cm³/mol. The van der Waals surface area contributed by atoms with Crippen molar-refractivity contribution in [2.24, 2.45) is 0 Å². The second kappa shape index (κ2) is 12.5. The molecule has 0 fully saturated rings. The van der Waals surface area contributed by atoms with Gasteiger partial charge in [0.1, 0.15) is 28.0 Å². The Labute approximate surface area is 209 Å². The third kappa shape index (κ3) is 6.81. The molecular weight excluding hydrogens is 460 g/mol. The van der Waals surface area contributed by atoms with Crippen molar-refractivity contribution in [1.29, 1.82) is 5.26 Å². The van der Waals surface area contributed by atoms with Crippen molar-refractivity contribution in [1.82, 2.24) is 0 Å². The average molecular weight is 489 g/mol. The van der Waals surface area contributed by atoms with Crippen LogP contribution in [-0.2, 0) is 9.53 Å². The van der Waals surface area contributed by atoms with Gasteiger partial charge in [0.05, 0.1) is 13.2 Å². The molecule has 0 aliphatic rings. The van der Waals surface area contributed by atoms with Crippen LogP contribution in [0.2, 0.25) is 0 Å². The Balaban J connectivity index is 1.84. The number of nitriles is 1. The lowest BCUT2D eigenvalue weighted by atomic mass is 10.0. The smallest absolute Gasteiger partial charge is 0.341 e. The van der Waals surface area contributed by atoms with Crippen LogP contribution < -0.4 is 10.1 Å². The van der Waals surface area contributed by atoms with Crippen molar-refractivity contribution < 1.29 is 19.1 Å². The highest BCUT2D eigenvalue weighted by molar-refractivity contribution is 7.15. The van der Waals surface area contributed by atoms with E-state index in [4.69, 9.17) is 9.47 Å². The number of rotatable bonds is 10. The van der Waals surface area contributed by atoms with Gasteiger partial charge in [-0.3, -0.25) is 4.79 Å². The Morgan fingerprint density at radius 2 is 1.80 bits per heavy atom. The van der Waals surface area contributed by atoms with Crippen LogP contribution in [0.1, 0.15) is 48.2 Å². The van der Waals surface area contributed by atoms with Gasteiger partial charge < -0.3 is 14.8 Å². The second-order valence-corrected chi connectivity index (χ2v) is 8.71. The number of nitrogens with one attached hydrogen (secondary N) is 1. The summed E-state index contributed by atoms with van der Waals surface area (Å²) in [6.45, 7) is 6.66. The van der Waals surface area contributed by atoms with Gasteiger partial charge in [-0.2, -0.15) is 5.26 Å². The molecule has 2 aromatic carbocycles. The molecule has 1 aromatic heterocycles. The molecule has 0 saturated carbocycles. The minimum atomic E-state index is -0.598. The maximum atomic E-state index is 12.9. The summed E-state index contributed by atoms with van der Waals surface area (Å²) in [5.41, 5.74) is 3.50. The molecular formula is C28H28N2O4S. The molecule has 0 aliphatic heterocycles. The number of anilines is 1. The first-order chi connectivity index (χ1) is 17.0. The number of nitrogens with zero attached hydrogens (tertiary/aromatic N) is 1. The van der Waals surface area contributed by atoms with Crippen molar-refractivity contribution in [3.63, 3.8) is 0 Å². The molecule has 0 saturated heterocycles. The van der Waals surface area contributed by atoms with Gasteiger partial charge in [0.2, 0.25) is 0 Å². The number of ether oxygens (including phenoxy) is 2. The highest BCUT2D eigenvalue weighted by atomic mass is 32.1. The average Bonchev–Trinajstić information content (AvgIpc) is 3.27. The van der Waals surface area contributed by atoms with E-state index in [0.717, 1.165) is 29.7 Å². The first-order valence-electron chi connectivity index (χ1n) is 11.5. The van der Waals surface area contributed by atoms with Gasteiger partial charge in [-0.1, -0.05) is 55.3 Å². The number of carbonyl (C=O) groups excluding carboxylic acids is 2. The number of aryl methyl sites for hydroxylation is 1. The second-order valence-electron chi connectivity index (χ2n) is 7.83. The summed E-state index contributed by atoms with van der Waals surface area (Å²) in [4.78, 5) is 25.7. The molecule has 6 nitrogen and oxygen atoms in total. The van der Waals surface area contributed by atoms with E-state index in [2.05, 4.69) is 12.2 Å². The zero-order valence-corrected chi connectivity index (χ0v) is 20.9. The Hall–Kier alpha value is -3.89. The van der Waals surface area contributed by atoms with Crippen LogP contribution in [0.4, 0.5) is 5.00 Å². The van der Waals surface area contributed by atoms with Crippen LogP contribution in [0, 0.1) is 18.3 Å². The summed E-state index contributed by atoms with van der Waals surface area (Å²) >= 11 is 1.22. The highest BCUT2D eigenvalue weighted by Gasteiger charge is 2.23. The van der Waals surface area contributed by atoms with Gasteiger partial charge in [-0.25, -0.2) is 4.79 Å². The molecule has 7 heteroatoms. The Bertz CT molecular complexity index is 1240. The zero-order chi connectivity index (χ0) is 25.2. The summed E-state index contributed by atoms with van der Waals surface area (Å²) in [7, 11) is 0. The van der Waals surface area contributed by atoms with E-state index in [1.54, 1.807) is 36.6 Å². The van der Waals surface area contributed by atoms with Gasteiger partial charge >= 0.3 is 5.97 Å². The lowest BCUT2D eigenvalue weighted by molar-refractivity contribution is -0.112. The normalized spacial score (nSPS) is 11.0. The summed E-state index contributed by atoms with van der Waals surface area (Å²) in [6, 6.07) is 16.9. The molecule has 3 rings (SSSR count). The van der Waals surface area contributed by atoms with Gasteiger partial charge in [0.25, 0.3) is 5.91 Å². The van der Waals surface area contributed by atoms with E-state index in [0.29, 0.717) is 22.7 Å². The molecule has 0 bridgehead atoms. The van der Waals surface area contributed by atoms with Crippen LogP contribution in [0.25, 0.3) is 17.2 Å². The zero-order valence-electron chi connectivity index (χ0n) is 20.1. The largest absolute Gasteiger partial charge is 0.494 e. The van der Waals surface area contributed by atoms with Crippen molar-refractivity contribution in [3.8, 4) is 22.9 Å². The lowest BCUT2D eigenvalue weighted by Gasteiger charge is -2.09. The number of hydrogen-bond acceptors (Lipinski definition) is 6. The third-order valence-electron chi connectivity index (χ3n) is 5.18. The standard InChI is InChI=1S/C28H28N2O4S/c1-4-6-15-34-23-13-9-20(10-14-23)16-22(17-29)26(31)30-27-25(28(32)33-5-2)24(18-35-27)21-11-7-19(3)8-12-21/h7-14,16,18H,4-6,15H2,1-3H3,(H,30,31)/b22-16+. The topological polar surface area (TPSA) is 88.4 Å². The maximum absolute atomic E-state index is 12.9. The number of esters is 1. The summed E-state index contributed by atoms with van der Waals surface area (Å²) < 4.78 is 10.9. The first kappa shape index (κ1) is 25.7. The fourth-order valence-corrected chi connectivity index (χ4v) is 4.23. The Morgan fingerprint density at radius 1 is 1.09 bits per heavy atom. The van der Waals surface area contributed by atoms with Gasteiger partial charge in [-0.15, -0.1) is 11.3 Å². The fraction of sp³-hybridized carbons (Fsp3) is 0.250. The molecule has 1 heterocycles. The van der Waals surface area contributed by atoms with Gasteiger partial charge in [-0.05, 0) is 49.6 Å². The number of unbranched alkanes of at least 4 members (excludes halogenated alkanes) is 1. The van der Waals surface area contributed by atoms with Crippen LogP contribution in [0.15, 0.2) is 59.5 Å². The van der Waals surface area contributed by atoms with Crippen LogP contribution in [0.5, 0.6) is 5.75 Å². The fourth-order valence-electron chi connectivity index (χ4n) is 3.28. The van der Waals surface area contributed by atoms with E-state index in [1.165, 1.54) is 17.4 Å². The quantitative estimate of drug-likeness (QED) is 0.150. The summed E-state index contributed by atoms with van der Waals surface area (Å²) in [5.74, 6) is -0.390. The molecule has 35 heavy (non-hydrogen) atoms. The molecule has 1 N–H and O–H groups in total. The number of hydrogen-bond donors (Lipinski definition) is 1. The molecule has 0 aliphatic carbocycles. The predicted octanol–water partition coefficient (Wildman–Crippen LogP) is 6.62. The summed E-state index contributed by atoms with van der Waals surface area (Å²) in [5, 5.41) is 14.5. The van der Waals surface area contributed by atoms with Gasteiger partial charge in [0.15, 0.2) is 0 Å². The van der Waals surface area contributed by atoms with Crippen LogP contribution in [0.3, 0.4) is 0 Å². The van der Waals surface area contributed by atoms with Crippen molar-refractivity contribution >= 4 is 34.3 Å². The maximum Gasteiger partial charge on any atom is 0.341 e. The van der Waals surface area contributed by atoms with Crippen LogP contribution >= 0.6 is 11.3 Å². The monoisotopic (exact) mass is 488 g/mol. The molecule has 0 radical (unpaired) electrons. The molecule has 0 atom stereocenters. The van der Waals surface area contributed by atoms with E-state index in [1.807, 2.05) is 37.3 Å². The number of benzene rings is 2. The van der Waals surface area contributed by atoms with E-state index < -0.39 is 11.9 Å². The van der Waals surface area contributed by atoms with Crippen molar-refractivity contribution in [2.45, 2.75) is 33.6 Å². The van der Waals surface area contributed by atoms with Crippen molar-refractivity contribution in [3.05, 3.63) is 76.2 Å². The Morgan fingerprint density at radius 3 is 2.43 bits per heavy atom. The highest BCUT2D eigenvalue weighted by Crippen LogP contribution is 2.36. The molecule has 180 valence electrons. The number of thiophene rings is 1. The van der Waals surface area contributed by atoms with Gasteiger partial charge in [0, 0.05) is 10.9 Å². The Kier molecular flexibility index (Phi) is 9.22. The van der Waals surface area contributed by atoms with E-state index >= 15 is 0 Å². The lowest BCUT2D eigenvalue weighted by Crippen LogP contribution is -2.16. The van der Waals surface area contributed by atoms with E-state index in [-0.39, 0.29) is 17.7 Å². The summed E-state index contributed by atoms with van der Waals surface area (Å²) in [6.07, 6.45) is 3.53.